The molecule has 0 saturated heterocycles. The number of carbonyl (C=O) groups is 1. The molecular weight excluding hydrogens is 348 g/mol. The van der Waals surface area contributed by atoms with Gasteiger partial charge in [0.05, 0.1) is 17.1 Å². The van der Waals surface area contributed by atoms with Crippen LogP contribution in [0.5, 0.6) is 0 Å². The Hall–Kier alpha value is -2.81. The molecule has 0 atom stereocenters. The van der Waals surface area contributed by atoms with E-state index in [1.54, 1.807) is 0 Å². The minimum absolute atomic E-state index is 0.0534. The fourth-order valence-electron chi connectivity index (χ4n) is 2.10. The fraction of sp³-hybridized carbons (Fsp3) is 0.125. The summed E-state index contributed by atoms with van der Waals surface area (Å²) in [5.74, 6) is -1.88. The summed E-state index contributed by atoms with van der Waals surface area (Å²) >= 11 is 1.09. The molecule has 0 radical (unpaired) electrons. The molecule has 0 spiro atoms. The average molecular weight is 361 g/mol. The zero-order valence-corrected chi connectivity index (χ0v) is 13.9. The third-order valence-electron chi connectivity index (χ3n) is 3.22. The van der Waals surface area contributed by atoms with E-state index >= 15 is 0 Å². The van der Waals surface area contributed by atoms with Gasteiger partial charge in [-0.2, -0.15) is 4.68 Å². The van der Waals surface area contributed by atoms with E-state index in [4.69, 9.17) is 0 Å². The number of hydrogen-bond donors (Lipinski definition) is 1. The van der Waals surface area contributed by atoms with Gasteiger partial charge in [-0.15, -0.1) is 5.10 Å². The molecule has 128 valence electrons. The Bertz CT molecular complexity index is 915. The van der Waals surface area contributed by atoms with E-state index in [2.05, 4.69) is 20.8 Å². The van der Waals surface area contributed by atoms with Crippen LogP contribution in [-0.2, 0) is 4.79 Å². The molecule has 1 aromatic heterocycles. The second kappa shape index (κ2) is 7.39. The lowest BCUT2D eigenvalue weighted by Gasteiger charge is -2.07. The van der Waals surface area contributed by atoms with Crippen LogP contribution in [0.15, 0.2) is 47.6 Å². The van der Waals surface area contributed by atoms with E-state index in [1.165, 1.54) is 4.68 Å². The van der Waals surface area contributed by atoms with Crippen LogP contribution in [0.25, 0.3) is 5.69 Å². The predicted molar refractivity (Wildman–Crippen MR) is 89.6 cm³/mol. The molecule has 1 heterocycles. The van der Waals surface area contributed by atoms with Gasteiger partial charge >= 0.3 is 0 Å². The number of aryl methyl sites for hydroxylation is 1. The Labute approximate surface area is 146 Å². The van der Waals surface area contributed by atoms with Crippen LogP contribution >= 0.6 is 11.8 Å². The third kappa shape index (κ3) is 4.18. The number of hydrogen-bond acceptors (Lipinski definition) is 5. The molecule has 2 aromatic carbocycles. The Morgan fingerprint density at radius 1 is 1.24 bits per heavy atom. The first kappa shape index (κ1) is 17.0. The monoisotopic (exact) mass is 361 g/mol. The highest BCUT2D eigenvalue weighted by molar-refractivity contribution is 7.99. The van der Waals surface area contributed by atoms with Gasteiger partial charge in [0.2, 0.25) is 11.1 Å². The Morgan fingerprint density at radius 2 is 2.08 bits per heavy atom. The molecule has 0 aliphatic heterocycles. The van der Waals surface area contributed by atoms with Gasteiger partial charge < -0.3 is 5.32 Å². The SMILES string of the molecule is Cc1cccc(-n2nnnc2SCC(=O)Nc2cc(F)ccc2F)c1. The fourth-order valence-corrected chi connectivity index (χ4v) is 2.79. The molecule has 0 bridgehead atoms. The van der Waals surface area contributed by atoms with E-state index < -0.39 is 17.5 Å². The summed E-state index contributed by atoms with van der Waals surface area (Å²) in [6, 6.07) is 10.4. The molecule has 0 aliphatic rings. The smallest absolute Gasteiger partial charge is 0.234 e. The zero-order chi connectivity index (χ0) is 17.8. The summed E-state index contributed by atoms with van der Waals surface area (Å²) in [6.45, 7) is 1.95. The summed E-state index contributed by atoms with van der Waals surface area (Å²) in [7, 11) is 0. The number of rotatable bonds is 5. The van der Waals surface area contributed by atoms with Gasteiger partial charge in [0.1, 0.15) is 11.6 Å². The van der Waals surface area contributed by atoms with Crippen molar-refractivity contribution in [2.24, 2.45) is 0 Å². The van der Waals surface area contributed by atoms with Crippen molar-refractivity contribution in [3.8, 4) is 5.69 Å². The van der Waals surface area contributed by atoms with Crippen LogP contribution < -0.4 is 5.32 Å². The van der Waals surface area contributed by atoms with Crippen LogP contribution in [0.1, 0.15) is 5.56 Å². The highest BCUT2D eigenvalue weighted by Gasteiger charge is 2.13. The number of nitrogens with one attached hydrogen (secondary N) is 1. The van der Waals surface area contributed by atoms with Gasteiger partial charge in [-0.05, 0) is 47.2 Å². The third-order valence-corrected chi connectivity index (χ3v) is 4.14. The molecule has 25 heavy (non-hydrogen) atoms. The van der Waals surface area contributed by atoms with Crippen LogP contribution in [-0.4, -0.2) is 31.9 Å². The number of aromatic nitrogens is 4. The van der Waals surface area contributed by atoms with Crippen molar-refractivity contribution in [3.63, 3.8) is 0 Å². The lowest BCUT2D eigenvalue weighted by atomic mass is 10.2. The van der Waals surface area contributed by atoms with E-state index in [-0.39, 0.29) is 11.4 Å². The van der Waals surface area contributed by atoms with Gasteiger partial charge in [-0.1, -0.05) is 23.9 Å². The molecular formula is C16H13F2N5OS. The molecule has 1 amide bonds. The number of benzene rings is 2. The standard InChI is InChI=1S/C16H13F2N5OS/c1-10-3-2-4-12(7-10)23-16(20-21-22-23)25-9-15(24)19-14-8-11(17)5-6-13(14)18/h2-8H,9H2,1H3,(H,19,24). The van der Waals surface area contributed by atoms with Crippen molar-refractivity contribution >= 4 is 23.4 Å². The van der Waals surface area contributed by atoms with Crippen molar-refractivity contribution in [1.82, 2.24) is 20.2 Å². The number of tetrazole rings is 1. The predicted octanol–water partition coefficient (Wildman–Crippen LogP) is 2.98. The maximum absolute atomic E-state index is 13.5. The van der Waals surface area contributed by atoms with Crippen molar-refractivity contribution in [1.29, 1.82) is 0 Å². The largest absolute Gasteiger partial charge is 0.323 e. The lowest BCUT2D eigenvalue weighted by Crippen LogP contribution is -2.15. The Balaban J connectivity index is 1.67. The summed E-state index contributed by atoms with van der Waals surface area (Å²) in [5, 5.41) is 14.2. The highest BCUT2D eigenvalue weighted by Crippen LogP contribution is 2.20. The molecule has 0 aliphatic carbocycles. The quantitative estimate of drug-likeness (QED) is 0.708. The number of halogens is 2. The van der Waals surface area contributed by atoms with Crippen LogP contribution in [0.2, 0.25) is 0 Å². The number of amides is 1. The number of anilines is 1. The second-order valence-corrected chi connectivity index (χ2v) is 6.12. The second-order valence-electron chi connectivity index (χ2n) is 5.17. The zero-order valence-electron chi connectivity index (χ0n) is 13.1. The first-order valence-corrected chi connectivity index (χ1v) is 8.24. The molecule has 0 unspecified atom stereocenters. The van der Waals surface area contributed by atoms with Crippen LogP contribution in [0.3, 0.4) is 0 Å². The van der Waals surface area contributed by atoms with Crippen LogP contribution in [0.4, 0.5) is 14.5 Å². The molecule has 3 aromatic rings. The van der Waals surface area contributed by atoms with Crippen molar-refractivity contribution in [3.05, 3.63) is 59.7 Å². The number of carbonyl (C=O) groups excluding carboxylic acids is 1. The van der Waals surface area contributed by atoms with E-state index in [1.807, 2.05) is 31.2 Å². The maximum atomic E-state index is 13.5. The molecule has 9 heteroatoms. The minimum Gasteiger partial charge on any atom is -0.323 e. The summed E-state index contributed by atoms with van der Waals surface area (Å²) in [6.07, 6.45) is 0. The first-order valence-electron chi connectivity index (χ1n) is 7.26. The number of thioether (sulfide) groups is 1. The van der Waals surface area contributed by atoms with Gasteiger partial charge in [-0.25, -0.2) is 8.78 Å². The summed E-state index contributed by atoms with van der Waals surface area (Å²) in [5.41, 5.74) is 1.61. The molecule has 0 fully saturated rings. The van der Waals surface area contributed by atoms with Gasteiger partial charge in [0, 0.05) is 6.07 Å². The lowest BCUT2D eigenvalue weighted by molar-refractivity contribution is -0.113. The molecule has 0 saturated carbocycles. The van der Waals surface area contributed by atoms with Gasteiger partial charge in [-0.3, -0.25) is 4.79 Å². The van der Waals surface area contributed by atoms with Crippen LogP contribution in [0, 0.1) is 18.6 Å². The van der Waals surface area contributed by atoms with Crippen molar-refractivity contribution < 1.29 is 13.6 Å². The van der Waals surface area contributed by atoms with Gasteiger partial charge in [0.15, 0.2) is 0 Å². The van der Waals surface area contributed by atoms with E-state index in [0.717, 1.165) is 41.2 Å². The van der Waals surface area contributed by atoms with E-state index in [0.29, 0.717) is 5.16 Å². The highest BCUT2D eigenvalue weighted by atomic mass is 32.2. The maximum Gasteiger partial charge on any atom is 0.234 e. The minimum atomic E-state index is -0.704. The van der Waals surface area contributed by atoms with Crippen molar-refractivity contribution in [2.45, 2.75) is 12.1 Å². The van der Waals surface area contributed by atoms with Crippen molar-refractivity contribution in [2.75, 3.05) is 11.1 Å². The molecule has 1 N–H and O–H groups in total. The van der Waals surface area contributed by atoms with Gasteiger partial charge in [0.25, 0.3) is 0 Å². The number of nitrogens with zero attached hydrogens (tertiary/aromatic N) is 4. The Morgan fingerprint density at radius 3 is 2.88 bits per heavy atom. The summed E-state index contributed by atoms with van der Waals surface area (Å²) in [4.78, 5) is 12.0. The Kier molecular flexibility index (Phi) is 5.03. The molecule has 6 nitrogen and oxygen atoms in total. The average Bonchev–Trinajstić information content (AvgIpc) is 3.05. The normalized spacial score (nSPS) is 10.7. The first-order chi connectivity index (χ1) is 12.0. The van der Waals surface area contributed by atoms with E-state index in [9.17, 15) is 13.6 Å². The summed E-state index contributed by atoms with van der Waals surface area (Å²) < 4.78 is 28.2. The topological polar surface area (TPSA) is 72.7 Å². The molecule has 3 rings (SSSR count).